The van der Waals surface area contributed by atoms with E-state index in [1.54, 1.807) is 18.7 Å². The van der Waals surface area contributed by atoms with Gasteiger partial charge >= 0.3 is 0 Å². The molecule has 0 amide bonds. The number of imidazole rings is 1. The molecule has 3 heterocycles. The van der Waals surface area contributed by atoms with Crippen LogP contribution in [0.25, 0.3) is 0 Å². The van der Waals surface area contributed by atoms with Gasteiger partial charge in [0.1, 0.15) is 0 Å². The molecule has 0 bridgehead atoms. The highest BCUT2D eigenvalue weighted by atomic mass is 32.2. The van der Waals surface area contributed by atoms with Crippen molar-refractivity contribution < 1.29 is 8.42 Å². The maximum absolute atomic E-state index is 13.0. The highest BCUT2D eigenvalue weighted by molar-refractivity contribution is 7.87. The molecule has 7 nitrogen and oxygen atoms in total. The Morgan fingerprint density at radius 1 is 1.15 bits per heavy atom. The van der Waals surface area contributed by atoms with E-state index in [9.17, 15) is 8.42 Å². The summed E-state index contributed by atoms with van der Waals surface area (Å²) in [5.41, 5.74) is 3.47. The van der Waals surface area contributed by atoms with E-state index in [1.807, 2.05) is 42.5 Å². The van der Waals surface area contributed by atoms with Crippen LogP contribution < -0.4 is 4.72 Å². The smallest absolute Gasteiger partial charge is 0.280 e. The molecule has 26 heavy (non-hydrogen) atoms. The quantitative estimate of drug-likeness (QED) is 0.717. The van der Waals surface area contributed by atoms with Gasteiger partial charge in [-0.05, 0) is 23.3 Å². The molecule has 1 aliphatic heterocycles. The van der Waals surface area contributed by atoms with Gasteiger partial charge in [-0.1, -0.05) is 30.3 Å². The lowest BCUT2D eigenvalue weighted by Gasteiger charge is -2.34. The number of nitrogens with zero attached hydrogens (tertiary/aromatic N) is 3. The number of hydrogen-bond donors (Lipinski definition) is 2. The molecule has 0 fully saturated rings. The molecule has 4 rings (SSSR count). The summed E-state index contributed by atoms with van der Waals surface area (Å²) < 4.78 is 30.3. The van der Waals surface area contributed by atoms with Crippen LogP contribution in [0, 0.1) is 0 Å². The van der Waals surface area contributed by atoms with E-state index in [4.69, 9.17) is 0 Å². The van der Waals surface area contributed by atoms with Crippen LogP contribution in [0.15, 0.2) is 61.2 Å². The Hall–Kier alpha value is -2.55. The lowest BCUT2D eigenvalue weighted by atomic mass is 9.99. The van der Waals surface area contributed by atoms with Gasteiger partial charge in [-0.15, -0.1) is 0 Å². The molecule has 1 aliphatic rings. The summed E-state index contributed by atoms with van der Waals surface area (Å²) in [6, 6.07) is 12.7. The Morgan fingerprint density at radius 2 is 1.92 bits per heavy atom. The second-order valence-corrected chi connectivity index (χ2v) is 7.83. The number of rotatable bonds is 5. The van der Waals surface area contributed by atoms with E-state index in [0.29, 0.717) is 13.0 Å². The van der Waals surface area contributed by atoms with Crippen molar-refractivity contribution in [2.24, 2.45) is 0 Å². The molecule has 0 spiro atoms. The average molecular weight is 369 g/mol. The zero-order valence-electron chi connectivity index (χ0n) is 14.0. The van der Waals surface area contributed by atoms with Crippen LogP contribution in [0.5, 0.6) is 0 Å². The summed E-state index contributed by atoms with van der Waals surface area (Å²) >= 11 is 0. The number of aromatic nitrogens is 3. The fourth-order valence-corrected chi connectivity index (χ4v) is 4.58. The normalized spacial score (nSPS) is 17.8. The Labute approximate surface area is 152 Å². The molecule has 0 aliphatic carbocycles. The number of aromatic amines is 1. The van der Waals surface area contributed by atoms with E-state index in [-0.39, 0.29) is 6.54 Å². The third kappa shape index (κ3) is 3.26. The van der Waals surface area contributed by atoms with Crippen molar-refractivity contribution >= 4 is 10.2 Å². The monoisotopic (exact) mass is 369 g/mol. The SMILES string of the molecule is O=S(=O)(NCc1ccccc1)N1CCc2[nH]cnc2[C@@H]1c1ccncc1. The summed E-state index contributed by atoms with van der Waals surface area (Å²) in [4.78, 5) is 11.5. The van der Waals surface area contributed by atoms with Gasteiger partial charge in [-0.25, -0.2) is 4.98 Å². The Bertz CT molecular complexity index is 973. The minimum Gasteiger partial charge on any atom is -0.348 e. The zero-order valence-corrected chi connectivity index (χ0v) is 14.9. The van der Waals surface area contributed by atoms with Gasteiger partial charge in [0.15, 0.2) is 0 Å². The van der Waals surface area contributed by atoms with Crippen molar-refractivity contribution in [1.29, 1.82) is 0 Å². The van der Waals surface area contributed by atoms with Gasteiger partial charge in [-0.2, -0.15) is 17.4 Å². The van der Waals surface area contributed by atoms with Gasteiger partial charge < -0.3 is 4.98 Å². The van der Waals surface area contributed by atoms with E-state index in [0.717, 1.165) is 22.5 Å². The first-order chi connectivity index (χ1) is 12.6. The number of fused-ring (bicyclic) bond motifs is 1. The van der Waals surface area contributed by atoms with Crippen molar-refractivity contribution in [1.82, 2.24) is 24.0 Å². The largest absolute Gasteiger partial charge is 0.348 e. The van der Waals surface area contributed by atoms with Crippen LogP contribution in [-0.2, 0) is 23.2 Å². The first-order valence-corrected chi connectivity index (χ1v) is 9.81. The summed E-state index contributed by atoms with van der Waals surface area (Å²) in [6.45, 7) is 0.627. The molecule has 134 valence electrons. The third-order valence-corrected chi connectivity index (χ3v) is 6.03. The van der Waals surface area contributed by atoms with Crippen molar-refractivity contribution in [2.45, 2.75) is 19.0 Å². The third-order valence-electron chi connectivity index (χ3n) is 4.51. The Kier molecular flexibility index (Phi) is 4.54. The molecular formula is C18H19N5O2S. The molecule has 0 radical (unpaired) electrons. The molecule has 0 saturated heterocycles. The van der Waals surface area contributed by atoms with Crippen LogP contribution in [0.2, 0.25) is 0 Å². The Morgan fingerprint density at radius 3 is 2.69 bits per heavy atom. The summed E-state index contributed by atoms with van der Waals surface area (Å²) in [6.07, 6.45) is 5.55. The molecule has 2 N–H and O–H groups in total. The predicted molar refractivity (Wildman–Crippen MR) is 97.3 cm³/mol. The summed E-state index contributed by atoms with van der Waals surface area (Å²) in [7, 11) is -3.69. The van der Waals surface area contributed by atoms with Crippen molar-refractivity contribution in [2.75, 3.05) is 6.54 Å². The van der Waals surface area contributed by atoms with Gasteiger partial charge in [0.05, 0.1) is 18.1 Å². The van der Waals surface area contributed by atoms with E-state index >= 15 is 0 Å². The summed E-state index contributed by atoms with van der Waals surface area (Å²) in [5.74, 6) is 0. The second-order valence-electron chi connectivity index (χ2n) is 6.12. The van der Waals surface area contributed by atoms with Crippen LogP contribution >= 0.6 is 0 Å². The fourth-order valence-electron chi connectivity index (χ4n) is 3.24. The van der Waals surface area contributed by atoms with E-state index in [2.05, 4.69) is 19.7 Å². The summed E-state index contributed by atoms with van der Waals surface area (Å²) in [5, 5.41) is 0. The number of H-pyrrole nitrogens is 1. The molecular weight excluding hydrogens is 350 g/mol. The highest BCUT2D eigenvalue weighted by Gasteiger charge is 2.38. The first-order valence-electron chi connectivity index (χ1n) is 8.37. The minimum atomic E-state index is -3.69. The molecule has 1 aromatic carbocycles. The van der Waals surface area contributed by atoms with Crippen LogP contribution in [0.1, 0.15) is 28.6 Å². The maximum atomic E-state index is 13.0. The van der Waals surface area contributed by atoms with E-state index < -0.39 is 16.3 Å². The topological polar surface area (TPSA) is 91.0 Å². The lowest BCUT2D eigenvalue weighted by molar-refractivity contribution is 0.332. The van der Waals surface area contributed by atoms with Gasteiger partial charge in [0.25, 0.3) is 10.2 Å². The number of nitrogens with one attached hydrogen (secondary N) is 2. The van der Waals surface area contributed by atoms with Crippen LogP contribution in [-0.4, -0.2) is 34.2 Å². The van der Waals surface area contributed by atoms with Crippen LogP contribution in [0.3, 0.4) is 0 Å². The minimum absolute atomic E-state index is 0.246. The van der Waals surface area contributed by atoms with Crippen molar-refractivity contribution in [3.05, 3.63) is 83.7 Å². The number of pyridine rings is 1. The zero-order chi connectivity index (χ0) is 18.0. The predicted octanol–water partition coefficient (Wildman–Crippen LogP) is 1.79. The average Bonchev–Trinajstić information content (AvgIpc) is 3.16. The molecule has 0 saturated carbocycles. The standard InChI is InChI=1S/C18H19N5O2S/c24-26(25,22-12-14-4-2-1-3-5-14)23-11-8-16-17(21-13-20-16)18(23)15-6-9-19-10-7-15/h1-7,9-10,13,18,22H,8,11-12H2,(H,20,21)/t18-/m0/s1. The Balaban J connectivity index is 1.65. The van der Waals surface area contributed by atoms with Gasteiger partial charge in [0, 0.05) is 37.6 Å². The fraction of sp³-hybridized carbons (Fsp3) is 0.222. The lowest BCUT2D eigenvalue weighted by Crippen LogP contribution is -2.46. The number of benzene rings is 1. The van der Waals surface area contributed by atoms with Gasteiger partial charge in [-0.3, -0.25) is 4.98 Å². The highest BCUT2D eigenvalue weighted by Crippen LogP contribution is 2.34. The van der Waals surface area contributed by atoms with Gasteiger partial charge in [0.2, 0.25) is 0 Å². The molecule has 0 unspecified atom stereocenters. The van der Waals surface area contributed by atoms with Crippen molar-refractivity contribution in [3.63, 3.8) is 0 Å². The maximum Gasteiger partial charge on any atom is 0.280 e. The first kappa shape index (κ1) is 16.9. The molecule has 1 atom stereocenters. The van der Waals surface area contributed by atoms with E-state index in [1.165, 1.54) is 4.31 Å². The molecule has 2 aromatic heterocycles. The van der Waals surface area contributed by atoms with Crippen molar-refractivity contribution in [3.8, 4) is 0 Å². The second kappa shape index (κ2) is 6.99. The van der Waals surface area contributed by atoms with Crippen LogP contribution in [0.4, 0.5) is 0 Å². The molecule has 8 heteroatoms. The number of hydrogen-bond acceptors (Lipinski definition) is 4. The molecule has 3 aromatic rings.